The van der Waals surface area contributed by atoms with E-state index in [9.17, 15) is 9.90 Å². The number of carbonyl (C=O) groups excluding carboxylic acids is 1. The molecule has 3 rings (SSSR count). The van der Waals surface area contributed by atoms with Gasteiger partial charge in [0, 0.05) is 24.5 Å². The lowest BCUT2D eigenvalue weighted by molar-refractivity contribution is -0.136. The van der Waals surface area contributed by atoms with Crippen LogP contribution in [0.5, 0.6) is 11.5 Å². The van der Waals surface area contributed by atoms with E-state index in [4.69, 9.17) is 9.47 Å². The first-order chi connectivity index (χ1) is 14.5. The summed E-state index contributed by atoms with van der Waals surface area (Å²) in [5.74, 6) is 1.37. The lowest BCUT2D eigenvalue weighted by atomic mass is 10.0. The van der Waals surface area contributed by atoms with Crippen LogP contribution in [0.25, 0.3) is 0 Å². The number of hydrogen-bond donors (Lipinski definition) is 1. The lowest BCUT2D eigenvalue weighted by Crippen LogP contribution is -2.47. The van der Waals surface area contributed by atoms with Crippen molar-refractivity contribution in [2.75, 3.05) is 39.9 Å². The molecular weight excluding hydrogens is 400 g/mol. The number of benzene rings is 1. The van der Waals surface area contributed by atoms with E-state index >= 15 is 0 Å². The molecule has 0 bridgehead atoms. The topological polar surface area (TPSA) is 62.2 Å². The van der Waals surface area contributed by atoms with Gasteiger partial charge in [-0.2, -0.15) is 0 Å². The Morgan fingerprint density at radius 3 is 2.87 bits per heavy atom. The van der Waals surface area contributed by atoms with Gasteiger partial charge in [0.25, 0.3) is 0 Å². The molecule has 1 N–H and O–H groups in total. The molecule has 0 saturated carbocycles. The molecule has 0 radical (unpaired) electrons. The number of rotatable bonds is 10. The normalized spacial score (nSPS) is 16.8. The molecule has 7 heteroatoms. The summed E-state index contributed by atoms with van der Waals surface area (Å²) in [6, 6.07) is 9.47. The van der Waals surface area contributed by atoms with Gasteiger partial charge in [-0.15, -0.1) is 17.9 Å². The average Bonchev–Trinajstić information content (AvgIpc) is 3.21. The number of thiophene rings is 1. The second-order valence-electron chi connectivity index (χ2n) is 7.45. The average molecular weight is 431 g/mol. The number of hydrogen-bond acceptors (Lipinski definition) is 6. The standard InChI is InChI=1S/C23H30N2O4S/c1-4-11-24(14-17(2)26)15-23(27)25-12-9-22-18(10-13-30-22)19(25)16-29-21-8-6-5-7-20(21)28-3/h4-8,10,13,17,19,26H,1,9,11-12,14-16H2,2-3H3/t17-,19-/m0/s1. The summed E-state index contributed by atoms with van der Waals surface area (Å²) in [5.41, 5.74) is 1.15. The summed E-state index contributed by atoms with van der Waals surface area (Å²) < 4.78 is 11.5. The first kappa shape index (κ1) is 22.3. The van der Waals surface area contributed by atoms with E-state index in [2.05, 4.69) is 18.0 Å². The minimum atomic E-state index is -0.507. The van der Waals surface area contributed by atoms with Crippen LogP contribution < -0.4 is 9.47 Å². The van der Waals surface area contributed by atoms with Gasteiger partial charge in [-0.25, -0.2) is 0 Å². The summed E-state index contributed by atoms with van der Waals surface area (Å²) in [4.78, 5) is 18.4. The third-order valence-corrected chi connectivity index (χ3v) is 6.15. The number of amides is 1. The number of aliphatic hydroxyl groups excluding tert-OH is 1. The number of methoxy groups -OCH3 is 1. The van der Waals surface area contributed by atoms with Crippen LogP contribution in [0.3, 0.4) is 0 Å². The van der Waals surface area contributed by atoms with Crippen molar-refractivity contribution in [3.05, 3.63) is 58.8 Å². The van der Waals surface area contributed by atoms with Gasteiger partial charge in [0.05, 0.1) is 25.8 Å². The molecule has 2 heterocycles. The Kier molecular flexibility index (Phi) is 7.90. The minimum absolute atomic E-state index is 0.0305. The van der Waals surface area contributed by atoms with Crippen LogP contribution in [0.1, 0.15) is 23.4 Å². The van der Waals surface area contributed by atoms with Crippen molar-refractivity contribution < 1.29 is 19.4 Å². The van der Waals surface area contributed by atoms with Crippen LogP contribution in [-0.4, -0.2) is 66.8 Å². The van der Waals surface area contributed by atoms with E-state index in [1.54, 1.807) is 31.4 Å². The number of para-hydroxylation sites is 2. The van der Waals surface area contributed by atoms with Gasteiger partial charge in [0.1, 0.15) is 6.61 Å². The largest absolute Gasteiger partial charge is 0.493 e. The van der Waals surface area contributed by atoms with E-state index in [0.29, 0.717) is 37.7 Å². The highest BCUT2D eigenvalue weighted by Crippen LogP contribution is 2.35. The molecule has 0 saturated heterocycles. The molecule has 1 amide bonds. The third kappa shape index (κ3) is 5.41. The van der Waals surface area contributed by atoms with E-state index in [1.165, 1.54) is 4.88 Å². The molecular formula is C23H30N2O4S. The van der Waals surface area contributed by atoms with E-state index < -0.39 is 6.10 Å². The minimum Gasteiger partial charge on any atom is -0.493 e. The maximum atomic E-state index is 13.2. The highest BCUT2D eigenvalue weighted by molar-refractivity contribution is 7.10. The Hall–Kier alpha value is -2.35. The number of fused-ring (bicyclic) bond motifs is 1. The first-order valence-electron chi connectivity index (χ1n) is 10.2. The van der Waals surface area contributed by atoms with Crippen molar-refractivity contribution in [3.8, 4) is 11.5 Å². The molecule has 1 aromatic heterocycles. The lowest BCUT2D eigenvalue weighted by Gasteiger charge is -2.37. The summed E-state index contributed by atoms with van der Waals surface area (Å²) in [7, 11) is 1.62. The molecule has 30 heavy (non-hydrogen) atoms. The molecule has 0 spiro atoms. The van der Waals surface area contributed by atoms with Gasteiger partial charge in [-0.05, 0) is 42.5 Å². The quantitative estimate of drug-likeness (QED) is 0.587. The molecule has 6 nitrogen and oxygen atoms in total. The Morgan fingerprint density at radius 2 is 2.17 bits per heavy atom. The zero-order valence-electron chi connectivity index (χ0n) is 17.6. The van der Waals surface area contributed by atoms with Gasteiger partial charge in [0.15, 0.2) is 11.5 Å². The second kappa shape index (κ2) is 10.6. The number of ether oxygens (including phenoxy) is 2. The molecule has 0 fully saturated rings. The molecule has 0 aliphatic carbocycles. The van der Waals surface area contributed by atoms with Crippen LogP contribution in [0.2, 0.25) is 0 Å². The smallest absolute Gasteiger partial charge is 0.237 e. The van der Waals surface area contributed by atoms with E-state index in [0.717, 1.165) is 12.0 Å². The summed E-state index contributed by atoms with van der Waals surface area (Å²) in [6.07, 6.45) is 2.10. The van der Waals surface area contributed by atoms with Crippen LogP contribution in [0, 0.1) is 0 Å². The fraction of sp³-hybridized carbons (Fsp3) is 0.435. The Bertz CT molecular complexity index is 851. The predicted octanol–water partition coefficient (Wildman–Crippen LogP) is 3.13. The van der Waals surface area contributed by atoms with Gasteiger partial charge in [-0.1, -0.05) is 18.2 Å². The Balaban J connectivity index is 1.76. The fourth-order valence-corrected chi connectivity index (χ4v) is 4.75. The third-order valence-electron chi connectivity index (χ3n) is 5.15. The molecule has 1 aliphatic heterocycles. The molecule has 2 aromatic rings. The van der Waals surface area contributed by atoms with Gasteiger partial charge in [0.2, 0.25) is 5.91 Å². The maximum Gasteiger partial charge on any atom is 0.237 e. The van der Waals surface area contributed by atoms with Crippen molar-refractivity contribution >= 4 is 17.2 Å². The highest BCUT2D eigenvalue weighted by atomic mass is 32.1. The van der Waals surface area contributed by atoms with Gasteiger partial charge >= 0.3 is 0 Å². The van der Waals surface area contributed by atoms with Crippen molar-refractivity contribution in [3.63, 3.8) is 0 Å². The van der Waals surface area contributed by atoms with Crippen LogP contribution in [-0.2, 0) is 11.2 Å². The second-order valence-corrected chi connectivity index (χ2v) is 8.45. The zero-order chi connectivity index (χ0) is 21.5. The predicted molar refractivity (Wildman–Crippen MR) is 119 cm³/mol. The van der Waals surface area contributed by atoms with Crippen LogP contribution in [0.4, 0.5) is 0 Å². The fourth-order valence-electron chi connectivity index (χ4n) is 3.82. The summed E-state index contributed by atoms with van der Waals surface area (Å²) in [6.45, 7) is 7.72. The summed E-state index contributed by atoms with van der Waals surface area (Å²) in [5, 5.41) is 11.8. The van der Waals surface area contributed by atoms with Crippen LogP contribution >= 0.6 is 11.3 Å². The SMILES string of the molecule is C=CCN(CC(=O)N1CCc2sccc2[C@@H]1COc1ccccc1OC)C[C@H](C)O. The van der Waals surface area contributed by atoms with Crippen LogP contribution in [0.15, 0.2) is 48.4 Å². The van der Waals surface area contributed by atoms with Gasteiger partial charge < -0.3 is 19.5 Å². The summed E-state index contributed by atoms with van der Waals surface area (Å²) >= 11 is 1.73. The van der Waals surface area contributed by atoms with E-state index in [1.807, 2.05) is 34.1 Å². The van der Waals surface area contributed by atoms with E-state index in [-0.39, 0.29) is 18.5 Å². The molecule has 0 unspecified atom stereocenters. The monoisotopic (exact) mass is 430 g/mol. The molecule has 2 atom stereocenters. The highest BCUT2D eigenvalue weighted by Gasteiger charge is 2.33. The maximum absolute atomic E-state index is 13.2. The first-order valence-corrected chi connectivity index (χ1v) is 11.0. The van der Waals surface area contributed by atoms with Gasteiger partial charge in [-0.3, -0.25) is 9.69 Å². The number of aliphatic hydroxyl groups is 1. The zero-order valence-corrected chi connectivity index (χ0v) is 18.4. The molecule has 162 valence electrons. The van der Waals surface area contributed by atoms with Crippen molar-refractivity contribution in [2.45, 2.75) is 25.5 Å². The van der Waals surface area contributed by atoms with Crippen molar-refractivity contribution in [1.82, 2.24) is 9.80 Å². The number of carbonyl (C=O) groups is 1. The molecule has 1 aliphatic rings. The van der Waals surface area contributed by atoms with Crippen molar-refractivity contribution in [2.24, 2.45) is 0 Å². The Morgan fingerprint density at radius 1 is 1.40 bits per heavy atom. The molecule has 1 aromatic carbocycles. The van der Waals surface area contributed by atoms with Crippen molar-refractivity contribution in [1.29, 1.82) is 0 Å². The Labute approximate surface area is 182 Å². The number of nitrogens with zero attached hydrogens (tertiary/aromatic N) is 2.